The number of Topliss-reactive ketones (excluding diaryl/α,β-unsaturated/α-hetero) is 2. The number of cyclic esters (lactones) is 1. The summed E-state index contributed by atoms with van der Waals surface area (Å²) in [7, 11) is 3.36. The highest BCUT2D eigenvalue weighted by Gasteiger charge is 2.60. The summed E-state index contributed by atoms with van der Waals surface area (Å²) in [6.45, 7) is 11.8. The molecule has 21 heteroatoms. The van der Waals surface area contributed by atoms with Gasteiger partial charge in [0.15, 0.2) is 11.9 Å². The van der Waals surface area contributed by atoms with Gasteiger partial charge in [-0.25, -0.2) is 15.6 Å². The van der Waals surface area contributed by atoms with Crippen LogP contribution in [0.2, 0.25) is 0 Å². The third-order valence-electron chi connectivity index (χ3n) is 12.8. The Morgan fingerprint density at radius 3 is 2.52 bits per heavy atom. The summed E-state index contributed by atoms with van der Waals surface area (Å²) in [6, 6.07) is 6.36. The lowest BCUT2D eigenvalue weighted by Crippen LogP contribution is -2.59. The molecule has 64 heavy (non-hydrogen) atoms. The third-order valence-corrected chi connectivity index (χ3v) is 14.9. The number of carbonyl (C=O) groups is 4. The van der Waals surface area contributed by atoms with Gasteiger partial charge in [-0.3, -0.25) is 19.1 Å². The first kappa shape index (κ1) is 49.7. The first-order valence-electron chi connectivity index (χ1n) is 21.7. The third kappa shape index (κ3) is 11.1. The number of hydrogen-bond donors (Lipinski definition) is 2. The van der Waals surface area contributed by atoms with Crippen LogP contribution in [0.1, 0.15) is 79.3 Å². The minimum Gasteiger partial charge on any atom is -0.494 e. The van der Waals surface area contributed by atoms with E-state index in [1.807, 2.05) is 77.3 Å². The molecule has 3 aliphatic heterocycles. The Kier molecular flexibility index (Phi) is 16.5. The van der Waals surface area contributed by atoms with Gasteiger partial charge in [-0.15, -0.1) is 10.2 Å². The topological polar surface area (TPSA) is 233 Å². The molecule has 0 unspecified atom stereocenters. The van der Waals surface area contributed by atoms with Gasteiger partial charge in [0.05, 0.1) is 18.4 Å². The number of nitrogens with two attached hydrogens (primary N) is 1. The summed E-state index contributed by atoms with van der Waals surface area (Å²) in [5.74, 6) is 2.61. The summed E-state index contributed by atoms with van der Waals surface area (Å²) in [5.41, 5.74) is 1.13. The van der Waals surface area contributed by atoms with E-state index in [9.17, 15) is 24.3 Å². The Balaban J connectivity index is 1.09. The molecule has 0 spiro atoms. The molecule has 19 nitrogen and oxygen atoms in total. The average Bonchev–Trinajstić information content (AvgIpc) is 4.03. The van der Waals surface area contributed by atoms with E-state index in [4.69, 9.17) is 34.3 Å². The molecule has 1 aromatic carbocycles. The second-order valence-corrected chi connectivity index (χ2v) is 19.8. The van der Waals surface area contributed by atoms with Gasteiger partial charge in [-0.05, 0) is 105 Å². The monoisotopic (exact) mass is 1020 g/mol. The van der Waals surface area contributed by atoms with E-state index in [1.54, 1.807) is 32.4 Å². The molecule has 3 fully saturated rings. The van der Waals surface area contributed by atoms with Crippen LogP contribution in [0.15, 0.2) is 35.8 Å². The number of aliphatic hydroxyl groups is 1. The molecule has 1 amide bonds. The van der Waals surface area contributed by atoms with Crippen molar-refractivity contribution in [2.75, 3.05) is 27.3 Å². The number of amides is 1. The van der Waals surface area contributed by atoms with Gasteiger partial charge >= 0.3 is 12.1 Å². The second kappa shape index (κ2) is 21.3. The van der Waals surface area contributed by atoms with Gasteiger partial charge in [-0.1, -0.05) is 30.5 Å². The van der Waals surface area contributed by atoms with Crippen LogP contribution in [0.3, 0.4) is 0 Å². The number of esters is 1. The van der Waals surface area contributed by atoms with E-state index < -0.39 is 81.5 Å². The number of likely N-dealkylation sites (N-methyl/N-ethyl adjacent to an activating group) is 1. The van der Waals surface area contributed by atoms with Crippen molar-refractivity contribution < 1.29 is 52.7 Å². The van der Waals surface area contributed by atoms with Crippen molar-refractivity contribution in [2.45, 2.75) is 139 Å². The van der Waals surface area contributed by atoms with Crippen LogP contribution >= 0.6 is 34.1 Å². The first-order chi connectivity index (χ1) is 30.4. The number of hydrazine groups is 1. The molecule has 12 atom stereocenters. The maximum Gasteiger partial charge on any atom is 0.425 e. The number of hydrogen-bond acceptors (Lipinski definition) is 18. The van der Waals surface area contributed by atoms with Gasteiger partial charge in [0.2, 0.25) is 0 Å². The Morgan fingerprint density at radius 1 is 1.11 bits per heavy atom. The quantitative estimate of drug-likeness (QED) is 0.0434. The number of rotatable bonds is 14. The Morgan fingerprint density at radius 2 is 1.84 bits per heavy atom. The molecule has 3 N–H and O–H groups in total. The van der Waals surface area contributed by atoms with E-state index in [-0.39, 0.29) is 31.1 Å². The fraction of sp³-hybridized carbons (Fsp3) is 0.674. The SMILES string of the molecule is CC[C@H]1OC(=O)[C@H](C)C(=O)C[C@@H](O[C@@H]2O[C@H](C)C[C@H](N(C)CCc3cn(CCCOc4ccc(-c5csnn5)cc4)nn3)[C@H]2O)[C@](I)(OC)C[C@@H](C)C(=O)[C@H](C)[C@H]2N(N)C(=O)O[C@]12C. The van der Waals surface area contributed by atoms with Gasteiger partial charge in [0.1, 0.15) is 56.9 Å². The normalized spacial score (nSPS) is 33.2. The summed E-state index contributed by atoms with van der Waals surface area (Å²) in [6.07, 6.45) is -2.00. The number of aromatic nitrogens is 5. The van der Waals surface area contributed by atoms with Gasteiger partial charge < -0.3 is 38.4 Å². The van der Waals surface area contributed by atoms with E-state index in [0.717, 1.165) is 34.1 Å². The molecule has 0 saturated carbocycles. The minimum absolute atomic E-state index is 0.0693. The van der Waals surface area contributed by atoms with Crippen molar-refractivity contribution in [1.82, 2.24) is 34.5 Å². The number of ketones is 2. The summed E-state index contributed by atoms with van der Waals surface area (Å²) < 4.78 is 40.8. The van der Waals surface area contributed by atoms with E-state index in [2.05, 4.69) is 19.9 Å². The van der Waals surface area contributed by atoms with Crippen LogP contribution in [0.5, 0.6) is 5.75 Å². The second-order valence-electron chi connectivity index (χ2n) is 17.4. The summed E-state index contributed by atoms with van der Waals surface area (Å²) in [5, 5.41) is 27.4. The number of fused-ring (bicyclic) bond motifs is 1. The fourth-order valence-electron chi connectivity index (χ4n) is 8.98. The van der Waals surface area contributed by atoms with Crippen LogP contribution in [0, 0.1) is 17.8 Å². The van der Waals surface area contributed by atoms with Crippen molar-refractivity contribution in [3.63, 3.8) is 0 Å². The van der Waals surface area contributed by atoms with E-state index in [0.29, 0.717) is 32.5 Å². The van der Waals surface area contributed by atoms with Crippen molar-refractivity contribution >= 4 is 57.8 Å². The summed E-state index contributed by atoms with van der Waals surface area (Å²) >= 11 is 3.35. The lowest BCUT2D eigenvalue weighted by Gasteiger charge is -2.45. The molecule has 3 aromatic rings. The molecule has 0 aliphatic carbocycles. The van der Waals surface area contributed by atoms with Crippen molar-refractivity contribution in [2.24, 2.45) is 23.6 Å². The number of halogens is 1. The standard InChI is InChI=1S/C43H61IN8O11S/c1-9-34-42(6)38(52(45)41(57)63-42)27(5)36(54)24(2)21-43(44,58-8)35(20-33(53)26(4)39(56)61-34)62-40-37(55)32(19-25(3)60-40)50(7)17-15-29-22-51(48-46-29)16-10-18-59-30-13-11-28(12-14-30)31-23-64-49-47-31/h11-14,22-27,32,34-35,37-38,40,55H,9-10,15-21,45H2,1-8H3/t24-,25-,26-,27+,32+,34-,35-,37-,38-,40+,42-,43-/m1/s1. The minimum atomic E-state index is -1.48. The molecule has 3 aliphatic rings. The maximum absolute atomic E-state index is 14.2. The molecule has 6 rings (SSSR count). The number of ether oxygens (including phenoxy) is 6. The largest absolute Gasteiger partial charge is 0.494 e. The number of methoxy groups -OCH3 is 1. The van der Waals surface area contributed by atoms with Gasteiger partial charge in [-0.2, -0.15) is 0 Å². The molecular formula is C43H61IN8O11S. The maximum atomic E-state index is 14.2. The van der Waals surface area contributed by atoms with Crippen LogP contribution < -0.4 is 10.6 Å². The van der Waals surface area contributed by atoms with Gasteiger partial charge in [0.25, 0.3) is 0 Å². The molecule has 0 radical (unpaired) electrons. The zero-order valence-electron chi connectivity index (χ0n) is 37.6. The Labute approximate surface area is 391 Å². The average molecular weight is 1020 g/mol. The number of benzene rings is 1. The van der Waals surface area contributed by atoms with Crippen LogP contribution in [0.25, 0.3) is 11.3 Å². The van der Waals surface area contributed by atoms with Crippen molar-refractivity contribution in [3.8, 4) is 17.0 Å². The lowest BCUT2D eigenvalue weighted by molar-refractivity contribution is -0.281. The zero-order chi connectivity index (χ0) is 46.5. The van der Waals surface area contributed by atoms with E-state index >= 15 is 0 Å². The lowest BCUT2D eigenvalue weighted by atomic mass is 9.76. The Bertz CT molecular complexity index is 2060. The highest BCUT2D eigenvalue weighted by atomic mass is 127. The number of aryl methyl sites for hydroxylation is 1. The predicted molar refractivity (Wildman–Crippen MR) is 241 cm³/mol. The van der Waals surface area contributed by atoms with Crippen molar-refractivity contribution in [1.29, 1.82) is 0 Å². The zero-order valence-corrected chi connectivity index (χ0v) is 40.6. The molecule has 5 heterocycles. The Hall–Kier alpha value is -3.71. The molecule has 0 bridgehead atoms. The van der Waals surface area contributed by atoms with Crippen LogP contribution in [-0.4, -0.2) is 143 Å². The molecule has 352 valence electrons. The number of alkyl halides is 1. The first-order valence-corrected chi connectivity index (χ1v) is 23.7. The van der Waals surface area contributed by atoms with Crippen LogP contribution in [0.4, 0.5) is 4.79 Å². The van der Waals surface area contributed by atoms with Gasteiger partial charge in [0, 0.05) is 74.5 Å². The molecular weight excluding hydrogens is 963 g/mol. The van der Waals surface area contributed by atoms with Crippen molar-refractivity contribution in [3.05, 3.63) is 41.5 Å². The highest BCUT2D eigenvalue weighted by Crippen LogP contribution is 2.43. The number of aliphatic hydroxyl groups excluding tert-OH is 1. The highest BCUT2D eigenvalue weighted by molar-refractivity contribution is 14.1. The predicted octanol–water partition coefficient (Wildman–Crippen LogP) is 4.38. The number of carbonyl (C=O) groups excluding carboxylic acids is 4. The van der Waals surface area contributed by atoms with E-state index in [1.165, 1.54) is 25.6 Å². The van der Waals surface area contributed by atoms with Crippen LogP contribution in [-0.2, 0) is 51.0 Å². The summed E-state index contributed by atoms with van der Waals surface area (Å²) in [4.78, 5) is 56.8. The molecule has 2 aromatic heterocycles. The molecule has 3 saturated heterocycles. The number of nitrogens with zero attached hydrogens (tertiary/aromatic N) is 7. The fourth-order valence-corrected chi connectivity index (χ4v) is 10.5. The smallest absolute Gasteiger partial charge is 0.425 e.